The van der Waals surface area contributed by atoms with Gasteiger partial charge in [-0.05, 0) is 31.8 Å². The van der Waals surface area contributed by atoms with E-state index >= 15 is 0 Å². The summed E-state index contributed by atoms with van der Waals surface area (Å²) in [6, 6.07) is 0. The summed E-state index contributed by atoms with van der Waals surface area (Å²) < 4.78 is 42.7. The molecule has 0 amide bonds. The molecule has 0 saturated carbocycles. The van der Waals surface area contributed by atoms with E-state index in [0.29, 0.717) is 98.9 Å². The lowest BCUT2D eigenvalue weighted by atomic mass is 10.3. The first kappa shape index (κ1) is 32.3. The van der Waals surface area contributed by atoms with E-state index in [0.717, 1.165) is 19.3 Å². The Balaban J connectivity index is 3.04. The van der Waals surface area contributed by atoms with Crippen LogP contribution in [0.5, 0.6) is 0 Å². The number of aliphatic hydroxyl groups is 2. The molecule has 33 heavy (non-hydrogen) atoms. The molecule has 2 N–H and O–H groups in total. The standard InChI is InChI=1S/C23H46O10/c1-3-22(24)32-20-18-27-9-6-5-8-26-12-14-30-16-17-31-15-13-28-10-7-11-29-19-21-33-23(25)4-2/h4,22-25H,2-3,5-21H2,1H3. The molecule has 0 aliphatic rings. The highest BCUT2D eigenvalue weighted by Gasteiger charge is 1.99. The minimum Gasteiger partial charge on any atom is -0.379 e. The molecule has 0 aromatic carbocycles. The third-order valence-electron chi connectivity index (χ3n) is 4.13. The second kappa shape index (κ2) is 27.6. The van der Waals surface area contributed by atoms with Crippen molar-refractivity contribution in [3.8, 4) is 0 Å². The molecule has 0 fully saturated rings. The van der Waals surface area contributed by atoms with Crippen LogP contribution < -0.4 is 0 Å². The summed E-state index contributed by atoms with van der Waals surface area (Å²) in [5.41, 5.74) is 0. The molecule has 0 aromatic rings. The van der Waals surface area contributed by atoms with Gasteiger partial charge in [-0.2, -0.15) is 0 Å². The third-order valence-corrected chi connectivity index (χ3v) is 4.13. The molecule has 2 atom stereocenters. The zero-order valence-corrected chi connectivity index (χ0v) is 20.3. The minimum absolute atomic E-state index is 0.328. The second-order valence-corrected chi connectivity index (χ2v) is 6.97. The molecule has 198 valence electrons. The average Bonchev–Trinajstić information content (AvgIpc) is 2.83. The molecule has 0 saturated heterocycles. The minimum atomic E-state index is -0.934. The summed E-state index contributed by atoms with van der Waals surface area (Å²) in [5, 5.41) is 18.3. The number of ether oxygens (including phenoxy) is 8. The summed E-state index contributed by atoms with van der Waals surface area (Å²) in [6.07, 6.45) is 2.93. The Hall–Kier alpha value is -0.660. The Labute approximate surface area is 199 Å². The van der Waals surface area contributed by atoms with Gasteiger partial charge in [-0.25, -0.2) is 0 Å². The van der Waals surface area contributed by atoms with Crippen molar-refractivity contribution in [3.63, 3.8) is 0 Å². The maximum atomic E-state index is 9.22. The van der Waals surface area contributed by atoms with Crippen molar-refractivity contribution in [3.05, 3.63) is 12.7 Å². The monoisotopic (exact) mass is 482 g/mol. The Morgan fingerprint density at radius 2 is 0.909 bits per heavy atom. The van der Waals surface area contributed by atoms with Crippen molar-refractivity contribution in [2.45, 2.75) is 45.2 Å². The van der Waals surface area contributed by atoms with Crippen LogP contribution in [0.2, 0.25) is 0 Å². The van der Waals surface area contributed by atoms with Crippen molar-refractivity contribution >= 4 is 0 Å². The zero-order valence-electron chi connectivity index (χ0n) is 20.3. The van der Waals surface area contributed by atoms with Crippen LogP contribution in [0.25, 0.3) is 0 Å². The first-order valence-electron chi connectivity index (χ1n) is 11.9. The lowest BCUT2D eigenvalue weighted by Crippen LogP contribution is -2.15. The van der Waals surface area contributed by atoms with Crippen molar-refractivity contribution in [1.29, 1.82) is 0 Å². The molecule has 0 spiro atoms. The van der Waals surface area contributed by atoms with Crippen molar-refractivity contribution in [2.75, 3.05) is 92.5 Å². The van der Waals surface area contributed by atoms with Gasteiger partial charge < -0.3 is 48.1 Å². The Morgan fingerprint density at radius 1 is 0.545 bits per heavy atom. The normalized spacial score (nSPS) is 13.3. The lowest BCUT2D eigenvalue weighted by molar-refractivity contribution is -0.113. The first-order valence-corrected chi connectivity index (χ1v) is 11.9. The van der Waals surface area contributed by atoms with E-state index < -0.39 is 12.6 Å². The topological polar surface area (TPSA) is 114 Å². The van der Waals surface area contributed by atoms with E-state index in [1.54, 1.807) is 0 Å². The van der Waals surface area contributed by atoms with Crippen LogP contribution in [-0.2, 0) is 37.9 Å². The number of hydrogen-bond donors (Lipinski definition) is 2. The van der Waals surface area contributed by atoms with Crippen LogP contribution in [0.1, 0.15) is 32.6 Å². The molecular formula is C23H46O10. The molecule has 0 aromatic heterocycles. The van der Waals surface area contributed by atoms with Crippen molar-refractivity contribution < 1.29 is 48.1 Å². The maximum Gasteiger partial charge on any atom is 0.173 e. The molecular weight excluding hydrogens is 436 g/mol. The molecule has 2 unspecified atom stereocenters. The number of aliphatic hydroxyl groups excluding tert-OH is 2. The predicted molar refractivity (Wildman–Crippen MR) is 123 cm³/mol. The Bertz CT molecular complexity index is 386. The summed E-state index contributed by atoms with van der Waals surface area (Å²) in [6.45, 7) is 12.7. The molecule has 10 heteroatoms. The van der Waals surface area contributed by atoms with Crippen LogP contribution in [0.3, 0.4) is 0 Å². The smallest absolute Gasteiger partial charge is 0.173 e. The third kappa shape index (κ3) is 27.5. The van der Waals surface area contributed by atoms with Gasteiger partial charge in [-0.1, -0.05) is 13.5 Å². The van der Waals surface area contributed by atoms with E-state index in [4.69, 9.17) is 43.0 Å². The molecule has 10 nitrogen and oxygen atoms in total. The number of rotatable bonds is 28. The van der Waals surface area contributed by atoms with Gasteiger partial charge in [0.05, 0.1) is 66.1 Å². The average molecular weight is 483 g/mol. The lowest BCUT2D eigenvalue weighted by Gasteiger charge is -2.10. The zero-order chi connectivity index (χ0) is 24.2. The van der Waals surface area contributed by atoms with E-state index in [1.165, 1.54) is 6.08 Å². The SMILES string of the molecule is C=CC(O)OCCOCCCOCCOCCOCCOCCCCOCCOC(O)CC. The molecule has 0 rings (SSSR count). The van der Waals surface area contributed by atoms with Gasteiger partial charge in [0.2, 0.25) is 0 Å². The quantitative estimate of drug-likeness (QED) is 0.0966. The van der Waals surface area contributed by atoms with Crippen LogP contribution in [-0.4, -0.2) is 115 Å². The summed E-state index contributed by atoms with van der Waals surface area (Å²) >= 11 is 0. The Kier molecular flexibility index (Phi) is 27.0. The molecule has 0 aliphatic heterocycles. The molecule has 0 heterocycles. The summed E-state index contributed by atoms with van der Waals surface area (Å²) in [5.74, 6) is 0. The van der Waals surface area contributed by atoms with E-state index in [-0.39, 0.29) is 0 Å². The van der Waals surface area contributed by atoms with Gasteiger partial charge in [0.25, 0.3) is 0 Å². The molecule has 0 radical (unpaired) electrons. The fourth-order valence-electron chi connectivity index (χ4n) is 2.29. The largest absolute Gasteiger partial charge is 0.379 e. The fourth-order valence-corrected chi connectivity index (χ4v) is 2.29. The summed E-state index contributed by atoms with van der Waals surface area (Å²) in [4.78, 5) is 0. The predicted octanol–water partition coefficient (Wildman–Crippen LogP) is 1.52. The van der Waals surface area contributed by atoms with Gasteiger partial charge in [-0.3, -0.25) is 0 Å². The Morgan fingerprint density at radius 3 is 1.33 bits per heavy atom. The summed E-state index contributed by atoms with van der Waals surface area (Å²) in [7, 11) is 0. The van der Waals surface area contributed by atoms with E-state index in [9.17, 15) is 5.11 Å². The van der Waals surface area contributed by atoms with Crippen molar-refractivity contribution in [2.24, 2.45) is 0 Å². The van der Waals surface area contributed by atoms with Crippen LogP contribution in [0.15, 0.2) is 12.7 Å². The highest BCUT2D eigenvalue weighted by molar-refractivity contribution is 4.69. The van der Waals surface area contributed by atoms with Crippen LogP contribution in [0.4, 0.5) is 0 Å². The van der Waals surface area contributed by atoms with E-state index in [2.05, 4.69) is 6.58 Å². The van der Waals surface area contributed by atoms with Crippen molar-refractivity contribution in [1.82, 2.24) is 0 Å². The maximum absolute atomic E-state index is 9.22. The van der Waals surface area contributed by atoms with Crippen LogP contribution in [0, 0.1) is 0 Å². The van der Waals surface area contributed by atoms with Gasteiger partial charge in [-0.15, -0.1) is 0 Å². The van der Waals surface area contributed by atoms with Gasteiger partial charge in [0.15, 0.2) is 12.6 Å². The number of unbranched alkanes of at least 4 members (excludes halogenated alkanes) is 1. The van der Waals surface area contributed by atoms with Gasteiger partial charge in [0.1, 0.15) is 0 Å². The molecule has 0 aliphatic carbocycles. The highest BCUT2D eigenvalue weighted by atomic mass is 16.6. The van der Waals surface area contributed by atoms with Crippen LogP contribution >= 0.6 is 0 Å². The van der Waals surface area contributed by atoms with E-state index in [1.807, 2.05) is 6.92 Å². The first-order chi connectivity index (χ1) is 16.2. The second-order valence-electron chi connectivity index (χ2n) is 6.97. The number of hydrogen-bond acceptors (Lipinski definition) is 10. The van der Waals surface area contributed by atoms with Gasteiger partial charge >= 0.3 is 0 Å². The van der Waals surface area contributed by atoms with Gasteiger partial charge in [0, 0.05) is 26.4 Å². The molecule has 0 bridgehead atoms. The fraction of sp³-hybridized carbons (Fsp3) is 0.913. The highest BCUT2D eigenvalue weighted by Crippen LogP contribution is 1.95.